The van der Waals surface area contributed by atoms with Crippen molar-refractivity contribution in [1.29, 1.82) is 0 Å². The molecule has 0 aliphatic heterocycles. The Kier molecular flexibility index (Phi) is 6.52. The van der Waals surface area contributed by atoms with E-state index in [1.165, 1.54) is 7.11 Å². The van der Waals surface area contributed by atoms with Gasteiger partial charge in [-0.1, -0.05) is 49.4 Å². The largest absolute Gasteiger partial charge is 0.465 e. The summed E-state index contributed by atoms with van der Waals surface area (Å²) in [5.41, 5.74) is 1.91. The number of anilines is 2. The second kappa shape index (κ2) is 9.45. The van der Waals surface area contributed by atoms with E-state index >= 15 is 0 Å². The van der Waals surface area contributed by atoms with E-state index in [0.717, 1.165) is 12.0 Å². The highest BCUT2D eigenvalue weighted by Gasteiger charge is 2.15. The van der Waals surface area contributed by atoms with Gasteiger partial charge < -0.3 is 15.4 Å². The normalized spacial score (nSPS) is 10.3. The molecule has 3 rings (SSSR count). The van der Waals surface area contributed by atoms with Gasteiger partial charge in [0.15, 0.2) is 5.82 Å². The number of carbonyl (C=O) groups is 2. The van der Waals surface area contributed by atoms with Gasteiger partial charge in [-0.15, -0.1) is 0 Å². The number of aromatic nitrogens is 2. The van der Waals surface area contributed by atoms with E-state index in [1.807, 2.05) is 37.3 Å². The lowest BCUT2D eigenvalue weighted by Gasteiger charge is -2.12. The van der Waals surface area contributed by atoms with Crippen molar-refractivity contribution in [1.82, 2.24) is 15.3 Å². The number of esters is 1. The average Bonchev–Trinajstić information content (AvgIpc) is 2.77. The van der Waals surface area contributed by atoms with Crippen molar-refractivity contribution >= 4 is 23.4 Å². The van der Waals surface area contributed by atoms with Crippen molar-refractivity contribution in [3.63, 3.8) is 0 Å². The van der Waals surface area contributed by atoms with Crippen LogP contribution in [0.2, 0.25) is 0 Å². The molecular weight excluding hydrogens is 368 g/mol. The summed E-state index contributed by atoms with van der Waals surface area (Å²) >= 11 is 0. The van der Waals surface area contributed by atoms with E-state index < -0.39 is 5.97 Å². The molecule has 1 heterocycles. The van der Waals surface area contributed by atoms with E-state index in [-0.39, 0.29) is 11.6 Å². The number of benzene rings is 2. The topological polar surface area (TPSA) is 93.2 Å². The summed E-state index contributed by atoms with van der Waals surface area (Å²) in [6.07, 6.45) is 0.819. The van der Waals surface area contributed by atoms with Crippen LogP contribution in [0, 0.1) is 0 Å². The zero-order valence-corrected chi connectivity index (χ0v) is 16.3. The Bertz CT molecular complexity index is 1010. The first-order valence-electron chi connectivity index (χ1n) is 9.29. The van der Waals surface area contributed by atoms with Gasteiger partial charge in [-0.3, -0.25) is 4.79 Å². The van der Waals surface area contributed by atoms with Crippen molar-refractivity contribution in [3.05, 3.63) is 71.9 Å². The predicted molar refractivity (Wildman–Crippen MR) is 111 cm³/mol. The van der Waals surface area contributed by atoms with Crippen LogP contribution in [0.1, 0.15) is 34.2 Å². The third-order valence-corrected chi connectivity index (χ3v) is 4.12. The smallest absolute Gasteiger partial charge is 0.339 e. The molecule has 29 heavy (non-hydrogen) atoms. The third kappa shape index (κ3) is 4.95. The summed E-state index contributed by atoms with van der Waals surface area (Å²) in [6.45, 7) is 2.53. The summed E-state index contributed by atoms with van der Waals surface area (Å²) in [5, 5.41) is 5.94. The number of hydrogen-bond acceptors (Lipinski definition) is 6. The number of ether oxygens (including phenoxy) is 1. The summed E-state index contributed by atoms with van der Waals surface area (Å²) in [5.74, 6) is 0.0618. The predicted octanol–water partition coefficient (Wildman–Crippen LogP) is 3.81. The van der Waals surface area contributed by atoms with Gasteiger partial charge in [0.25, 0.3) is 5.91 Å². The monoisotopic (exact) mass is 390 g/mol. The van der Waals surface area contributed by atoms with Crippen LogP contribution >= 0.6 is 0 Å². The quantitative estimate of drug-likeness (QED) is 0.596. The molecule has 0 saturated carbocycles. The van der Waals surface area contributed by atoms with E-state index in [9.17, 15) is 9.59 Å². The molecule has 7 nitrogen and oxygen atoms in total. The molecule has 0 aliphatic rings. The van der Waals surface area contributed by atoms with E-state index in [4.69, 9.17) is 4.74 Å². The van der Waals surface area contributed by atoms with Crippen molar-refractivity contribution in [2.45, 2.75) is 13.3 Å². The van der Waals surface area contributed by atoms with E-state index in [2.05, 4.69) is 20.6 Å². The zero-order valence-electron chi connectivity index (χ0n) is 16.3. The van der Waals surface area contributed by atoms with Crippen LogP contribution in [0.4, 0.5) is 11.5 Å². The van der Waals surface area contributed by atoms with Crippen LogP contribution in [-0.2, 0) is 4.74 Å². The standard InChI is InChI=1S/C22H22N4O3/c1-3-13-23-21(27)18-14-19(26-20(25-18)15-9-5-4-6-10-15)24-17-12-8-7-11-16(17)22(28)29-2/h4-12,14H,3,13H2,1-2H3,(H,23,27)(H,24,25,26). The molecule has 0 unspecified atom stereocenters. The Hall–Kier alpha value is -3.74. The summed E-state index contributed by atoms with van der Waals surface area (Å²) in [4.78, 5) is 33.5. The Morgan fingerprint density at radius 3 is 2.45 bits per heavy atom. The first kappa shape index (κ1) is 20.0. The molecule has 1 amide bonds. The summed E-state index contributed by atoms with van der Waals surface area (Å²) in [7, 11) is 1.33. The Morgan fingerprint density at radius 2 is 1.72 bits per heavy atom. The number of amides is 1. The molecule has 7 heteroatoms. The van der Waals surface area contributed by atoms with Gasteiger partial charge in [0.1, 0.15) is 11.5 Å². The first-order valence-corrected chi connectivity index (χ1v) is 9.29. The maximum atomic E-state index is 12.5. The van der Waals surface area contributed by atoms with E-state index in [0.29, 0.717) is 29.4 Å². The molecule has 0 atom stereocenters. The molecule has 2 aromatic carbocycles. The Labute approximate surface area is 169 Å². The maximum Gasteiger partial charge on any atom is 0.339 e. The number of methoxy groups -OCH3 is 1. The SMILES string of the molecule is CCCNC(=O)c1cc(Nc2ccccc2C(=O)OC)nc(-c2ccccc2)n1. The van der Waals surface area contributed by atoms with Crippen LogP contribution < -0.4 is 10.6 Å². The van der Waals surface area contributed by atoms with Crippen LogP contribution in [0.5, 0.6) is 0 Å². The summed E-state index contributed by atoms with van der Waals surface area (Å²) < 4.78 is 4.84. The number of rotatable bonds is 7. The molecule has 1 aromatic heterocycles. The molecule has 0 spiro atoms. The van der Waals surface area contributed by atoms with Crippen molar-refractivity contribution in [2.75, 3.05) is 19.0 Å². The van der Waals surface area contributed by atoms with Gasteiger partial charge in [-0.2, -0.15) is 0 Å². The number of para-hydroxylation sites is 1. The molecule has 0 aliphatic carbocycles. The number of hydrogen-bond donors (Lipinski definition) is 2. The van der Waals surface area contributed by atoms with Gasteiger partial charge in [-0.25, -0.2) is 14.8 Å². The summed E-state index contributed by atoms with van der Waals surface area (Å²) in [6, 6.07) is 17.9. The van der Waals surface area contributed by atoms with Crippen LogP contribution in [-0.4, -0.2) is 35.5 Å². The fourth-order valence-corrected chi connectivity index (χ4v) is 2.69. The fourth-order valence-electron chi connectivity index (χ4n) is 2.69. The van der Waals surface area contributed by atoms with Gasteiger partial charge >= 0.3 is 5.97 Å². The minimum atomic E-state index is -0.466. The van der Waals surface area contributed by atoms with Crippen LogP contribution in [0.3, 0.4) is 0 Å². The van der Waals surface area contributed by atoms with Crippen molar-refractivity contribution in [3.8, 4) is 11.4 Å². The van der Waals surface area contributed by atoms with E-state index in [1.54, 1.807) is 30.3 Å². The number of nitrogens with one attached hydrogen (secondary N) is 2. The second-order valence-electron chi connectivity index (χ2n) is 6.25. The molecule has 0 radical (unpaired) electrons. The molecular formula is C22H22N4O3. The molecule has 0 bridgehead atoms. The lowest BCUT2D eigenvalue weighted by molar-refractivity contribution is 0.0601. The minimum absolute atomic E-state index is 0.241. The highest BCUT2D eigenvalue weighted by atomic mass is 16.5. The van der Waals surface area contributed by atoms with Crippen molar-refractivity contribution in [2.24, 2.45) is 0 Å². The minimum Gasteiger partial charge on any atom is -0.465 e. The Balaban J connectivity index is 2.02. The molecule has 2 N–H and O–H groups in total. The zero-order chi connectivity index (χ0) is 20.6. The number of carbonyl (C=O) groups excluding carboxylic acids is 2. The fraction of sp³-hybridized carbons (Fsp3) is 0.182. The first-order chi connectivity index (χ1) is 14.1. The third-order valence-electron chi connectivity index (χ3n) is 4.12. The van der Waals surface area contributed by atoms with Crippen LogP contribution in [0.25, 0.3) is 11.4 Å². The average molecular weight is 390 g/mol. The molecule has 148 valence electrons. The molecule has 0 saturated heterocycles. The second-order valence-corrected chi connectivity index (χ2v) is 6.25. The highest BCUT2D eigenvalue weighted by molar-refractivity contribution is 5.97. The molecule has 0 fully saturated rings. The number of nitrogens with zero attached hydrogens (tertiary/aromatic N) is 2. The van der Waals surface area contributed by atoms with Crippen molar-refractivity contribution < 1.29 is 14.3 Å². The van der Waals surface area contributed by atoms with Gasteiger partial charge in [0, 0.05) is 18.2 Å². The lowest BCUT2D eigenvalue weighted by Crippen LogP contribution is -2.25. The maximum absolute atomic E-state index is 12.5. The lowest BCUT2D eigenvalue weighted by atomic mass is 10.1. The van der Waals surface area contributed by atoms with Crippen LogP contribution in [0.15, 0.2) is 60.7 Å². The van der Waals surface area contributed by atoms with Gasteiger partial charge in [0.2, 0.25) is 0 Å². The molecule has 3 aromatic rings. The van der Waals surface area contributed by atoms with Gasteiger partial charge in [-0.05, 0) is 18.6 Å². The highest BCUT2D eigenvalue weighted by Crippen LogP contribution is 2.23. The Morgan fingerprint density at radius 1 is 1.00 bits per heavy atom. The van der Waals surface area contributed by atoms with Gasteiger partial charge in [0.05, 0.1) is 18.4 Å².